The molecule has 6 nitrogen and oxygen atoms in total. The third-order valence-electron chi connectivity index (χ3n) is 5.45. The van der Waals surface area contributed by atoms with Crippen LogP contribution in [0.4, 0.5) is 0 Å². The van der Waals surface area contributed by atoms with Crippen LogP contribution < -0.4 is 10.6 Å². The molecular weight excluding hydrogens is 338 g/mol. The zero-order chi connectivity index (χ0) is 18.2. The van der Waals surface area contributed by atoms with E-state index in [2.05, 4.69) is 17.6 Å². The van der Waals surface area contributed by atoms with Gasteiger partial charge in [0, 0.05) is 32.8 Å². The lowest BCUT2D eigenvalue weighted by atomic mass is 9.83. The van der Waals surface area contributed by atoms with Crippen molar-refractivity contribution in [2.24, 2.45) is 16.3 Å². The summed E-state index contributed by atoms with van der Waals surface area (Å²) in [6, 6.07) is 0. The Morgan fingerprint density at radius 1 is 1.24 bits per heavy atom. The molecule has 0 aromatic heterocycles. The molecule has 2 fully saturated rings. The maximum atomic E-state index is 11.6. The standard InChI is InChI=1S/C18H35N3O3S/c1-3-19-17(20-13-16-7-12-25(22,23)14-16)21-15-18(8-5-6-9-18)10-11-24-4-2/h16H,3-15H2,1-2H3,(H2,19,20,21). The van der Waals surface area contributed by atoms with Crippen LogP contribution in [-0.4, -0.2) is 58.7 Å². The number of rotatable bonds is 9. The van der Waals surface area contributed by atoms with Crippen molar-refractivity contribution in [1.29, 1.82) is 0 Å². The van der Waals surface area contributed by atoms with Gasteiger partial charge in [-0.25, -0.2) is 8.42 Å². The molecule has 2 N–H and O–H groups in total. The first-order valence-electron chi connectivity index (χ1n) is 9.79. The number of hydrogen-bond acceptors (Lipinski definition) is 4. The van der Waals surface area contributed by atoms with E-state index in [-0.39, 0.29) is 11.3 Å². The summed E-state index contributed by atoms with van der Waals surface area (Å²) in [4.78, 5) is 4.83. The Hall–Kier alpha value is -0.820. The molecule has 146 valence electrons. The molecule has 1 unspecified atom stereocenters. The fraction of sp³-hybridized carbons (Fsp3) is 0.944. The number of guanidine groups is 1. The molecule has 1 heterocycles. The van der Waals surface area contributed by atoms with E-state index in [9.17, 15) is 8.42 Å². The topological polar surface area (TPSA) is 79.8 Å². The second-order valence-corrected chi connectivity index (χ2v) is 9.73. The Morgan fingerprint density at radius 2 is 2.00 bits per heavy atom. The van der Waals surface area contributed by atoms with E-state index in [1.807, 2.05) is 6.92 Å². The zero-order valence-corrected chi connectivity index (χ0v) is 16.7. The molecule has 1 saturated carbocycles. The van der Waals surface area contributed by atoms with E-state index >= 15 is 0 Å². The number of sulfone groups is 1. The summed E-state index contributed by atoms with van der Waals surface area (Å²) in [5, 5.41) is 6.65. The fourth-order valence-corrected chi connectivity index (χ4v) is 5.77. The average molecular weight is 374 g/mol. The number of aliphatic imine (C=N–C) groups is 1. The highest BCUT2D eigenvalue weighted by Crippen LogP contribution is 2.41. The predicted octanol–water partition coefficient (Wildman–Crippen LogP) is 1.96. The van der Waals surface area contributed by atoms with Crippen molar-refractivity contribution < 1.29 is 13.2 Å². The van der Waals surface area contributed by atoms with Gasteiger partial charge in [-0.15, -0.1) is 0 Å². The van der Waals surface area contributed by atoms with Crippen LogP contribution in [0.15, 0.2) is 4.99 Å². The molecule has 25 heavy (non-hydrogen) atoms. The van der Waals surface area contributed by atoms with Crippen molar-refractivity contribution in [3.63, 3.8) is 0 Å². The lowest BCUT2D eigenvalue weighted by Crippen LogP contribution is -2.41. The van der Waals surface area contributed by atoms with Gasteiger partial charge in [0.05, 0.1) is 11.5 Å². The molecule has 0 radical (unpaired) electrons. The second kappa shape index (κ2) is 9.76. The Balaban J connectivity index is 1.88. The highest BCUT2D eigenvalue weighted by Gasteiger charge is 2.33. The van der Waals surface area contributed by atoms with Gasteiger partial charge in [0.25, 0.3) is 0 Å². The van der Waals surface area contributed by atoms with Gasteiger partial charge in [0.15, 0.2) is 15.8 Å². The van der Waals surface area contributed by atoms with E-state index in [1.54, 1.807) is 0 Å². The first-order chi connectivity index (χ1) is 12.0. The van der Waals surface area contributed by atoms with E-state index < -0.39 is 9.84 Å². The molecule has 0 amide bonds. The van der Waals surface area contributed by atoms with Crippen molar-refractivity contribution >= 4 is 15.8 Å². The summed E-state index contributed by atoms with van der Waals surface area (Å²) in [7, 11) is -2.82. The summed E-state index contributed by atoms with van der Waals surface area (Å²) < 4.78 is 28.8. The van der Waals surface area contributed by atoms with Crippen molar-refractivity contribution in [3.8, 4) is 0 Å². The fourth-order valence-electron chi connectivity index (χ4n) is 3.91. The van der Waals surface area contributed by atoms with Crippen LogP contribution in [0.25, 0.3) is 0 Å². The maximum Gasteiger partial charge on any atom is 0.191 e. The first kappa shape index (κ1) is 20.5. The van der Waals surface area contributed by atoms with Gasteiger partial charge in [-0.1, -0.05) is 12.8 Å². The van der Waals surface area contributed by atoms with Crippen LogP contribution in [0.5, 0.6) is 0 Å². The number of ether oxygens (including phenoxy) is 1. The summed E-state index contributed by atoms with van der Waals surface area (Å²) >= 11 is 0. The largest absolute Gasteiger partial charge is 0.382 e. The minimum atomic E-state index is -2.82. The van der Waals surface area contributed by atoms with Gasteiger partial charge in [-0.2, -0.15) is 0 Å². The molecule has 0 spiro atoms. The highest BCUT2D eigenvalue weighted by molar-refractivity contribution is 7.91. The zero-order valence-electron chi connectivity index (χ0n) is 15.8. The van der Waals surface area contributed by atoms with Gasteiger partial charge in [-0.3, -0.25) is 4.99 Å². The number of hydrogen-bond donors (Lipinski definition) is 2. The van der Waals surface area contributed by atoms with Crippen LogP contribution in [-0.2, 0) is 14.6 Å². The third kappa shape index (κ3) is 6.77. The monoisotopic (exact) mass is 373 g/mol. The molecule has 1 atom stereocenters. The van der Waals surface area contributed by atoms with Crippen LogP contribution >= 0.6 is 0 Å². The summed E-state index contributed by atoms with van der Waals surface area (Å²) in [5.41, 5.74) is 0.272. The lowest BCUT2D eigenvalue weighted by Gasteiger charge is -2.27. The third-order valence-corrected chi connectivity index (χ3v) is 7.28. The molecule has 0 bridgehead atoms. The number of nitrogens with zero attached hydrogens (tertiary/aromatic N) is 1. The van der Waals surface area contributed by atoms with Gasteiger partial charge in [0.1, 0.15) is 0 Å². The molecule has 7 heteroatoms. The molecule has 1 aliphatic carbocycles. The average Bonchev–Trinajstić information content (AvgIpc) is 3.17. The summed E-state index contributed by atoms with van der Waals surface area (Å²) in [5.74, 6) is 1.65. The number of nitrogens with one attached hydrogen (secondary N) is 2. The van der Waals surface area contributed by atoms with Gasteiger partial charge >= 0.3 is 0 Å². The van der Waals surface area contributed by atoms with Crippen LogP contribution in [0.3, 0.4) is 0 Å². The molecule has 2 rings (SSSR count). The van der Waals surface area contributed by atoms with Gasteiger partial charge in [0.2, 0.25) is 0 Å². The van der Waals surface area contributed by atoms with Crippen molar-refractivity contribution in [1.82, 2.24) is 10.6 Å². The van der Waals surface area contributed by atoms with Crippen molar-refractivity contribution in [3.05, 3.63) is 0 Å². The normalized spacial score (nSPS) is 25.2. The molecule has 0 aromatic carbocycles. The highest BCUT2D eigenvalue weighted by atomic mass is 32.2. The quantitative estimate of drug-likeness (QED) is 0.367. The maximum absolute atomic E-state index is 11.6. The van der Waals surface area contributed by atoms with Gasteiger partial charge in [-0.05, 0) is 50.9 Å². The molecule has 2 aliphatic rings. The first-order valence-corrected chi connectivity index (χ1v) is 11.6. The minimum Gasteiger partial charge on any atom is -0.382 e. The molecule has 1 aliphatic heterocycles. The van der Waals surface area contributed by atoms with Crippen molar-refractivity contribution in [2.75, 3.05) is 44.4 Å². The Bertz CT molecular complexity index is 528. The summed E-state index contributed by atoms with van der Waals surface area (Å²) in [6.45, 7) is 7.98. The van der Waals surface area contributed by atoms with E-state index in [0.717, 1.165) is 45.1 Å². The minimum absolute atomic E-state index is 0.201. The van der Waals surface area contributed by atoms with Crippen LogP contribution in [0, 0.1) is 11.3 Å². The Labute approximate surface area is 153 Å². The molecular formula is C18H35N3O3S. The Kier molecular flexibility index (Phi) is 8.00. The molecule has 0 aromatic rings. The van der Waals surface area contributed by atoms with Crippen LogP contribution in [0.2, 0.25) is 0 Å². The van der Waals surface area contributed by atoms with E-state index in [0.29, 0.717) is 18.1 Å². The SMILES string of the molecule is CCNC(=NCC1(CCOCC)CCCC1)NCC1CCS(=O)(=O)C1. The van der Waals surface area contributed by atoms with E-state index in [4.69, 9.17) is 9.73 Å². The second-order valence-electron chi connectivity index (χ2n) is 7.50. The van der Waals surface area contributed by atoms with Crippen LogP contribution in [0.1, 0.15) is 52.4 Å². The van der Waals surface area contributed by atoms with Gasteiger partial charge < -0.3 is 15.4 Å². The molecule has 1 saturated heterocycles. The van der Waals surface area contributed by atoms with E-state index in [1.165, 1.54) is 25.7 Å². The summed E-state index contributed by atoms with van der Waals surface area (Å²) in [6.07, 6.45) is 6.85. The van der Waals surface area contributed by atoms with Crippen molar-refractivity contribution in [2.45, 2.75) is 52.4 Å². The smallest absolute Gasteiger partial charge is 0.191 e. The lowest BCUT2D eigenvalue weighted by molar-refractivity contribution is 0.107. The Morgan fingerprint density at radius 3 is 2.60 bits per heavy atom. The predicted molar refractivity (Wildman–Crippen MR) is 103 cm³/mol.